The molecule has 3 aromatic rings. The van der Waals surface area contributed by atoms with Crippen molar-refractivity contribution in [2.75, 3.05) is 5.32 Å². The number of thiophene rings is 1. The van der Waals surface area contributed by atoms with Gasteiger partial charge in [0.1, 0.15) is 10.3 Å². The number of nitrogens with zero attached hydrogens (tertiary/aromatic N) is 2. The predicted octanol–water partition coefficient (Wildman–Crippen LogP) is 2.96. The van der Waals surface area contributed by atoms with E-state index in [0.29, 0.717) is 11.6 Å². The van der Waals surface area contributed by atoms with Gasteiger partial charge in [0.05, 0.1) is 0 Å². The molecule has 0 saturated carbocycles. The first-order valence-corrected chi connectivity index (χ1v) is 11.1. The molecule has 0 fully saturated rings. The third-order valence-corrected chi connectivity index (χ3v) is 8.14. The van der Waals surface area contributed by atoms with Gasteiger partial charge >= 0.3 is 0 Å². The molecule has 26 heavy (non-hydrogen) atoms. The van der Waals surface area contributed by atoms with Crippen LogP contribution in [0.2, 0.25) is 0 Å². The van der Waals surface area contributed by atoms with Crippen LogP contribution in [-0.4, -0.2) is 29.7 Å². The van der Waals surface area contributed by atoms with E-state index in [9.17, 15) is 13.2 Å². The number of aromatic nitrogens is 1. The van der Waals surface area contributed by atoms with E-state index in [0.717, 1.165) is 22.5 Å². The van der Waals surface area contributed by atoms with Gasteiger partial charge in [0.2, 0.25) is 5.91 Å². The minimum absolute atomic E-state index is 0.173. The van der Waals surface area contributed by atoms with Gasteiger partial charge in [-0.05, 0) is 29.0 Å². The summed E-state index contributed by atoms with van der Waals surface area (Å²) < 4.78 is 27.8. The largest absolute Gasteiger partial charge is 0.301 e. The third-order valence-electron chi connectivity index (χ3n) is 4.23. The summed E-state index contributed by atoms with van der Waals surface area (Å²) in [6.45, 7) is 0.173. The Labute approximate surface area is 159 Å². The van der Waals surface area contributed by atoms with E-state index in [1.165, 1.54) is 15.6 Å². The lowest BCUT2D eigenvalue weighted by Gasteiger charge is -2.34. The van der Waals surface area contributed by atoms with Gasteiger partial charge in [0.25, 0.3) is 10.0 Å². The normalized spacial score (nSPS) is 17.6. The molecule has 1 atom stereocenters. The van der Waals surface area contributed by atoms with Gasteiger partial charge in [0.15, 0.2) is 5.13 Å². The molecule has 3 heterocycles. The fourth-order valence-electron chi connectivity index (χ4n) is 2.97. The lowest BCUT2D eigenvalue weighted by molar-refractivity contribution is -0.120. The molecule has 0 saturated heterocycles. The number of hydrogen-bond donors (Lipinski definition) is 1. The second kappa shape index (κ2) is 6.92. The topological polar surface area (TPSA) is 79.4 Å². The molecule has 0 bridgehead atoms. The van der Waals surface area contributed by atoms with Gasteiger partial charge in [-0.15, -0.1) is 22.7 Å². The second-order valence-corrected chi connectivity index (χ2v) is 9.76. The Morgan fingerprint density at radius 2 is 1.92 bits per heavy atom. The maximum atomic E-state index is 13.1. The average molecular weight is 406 g/mol. The Morgan fingerprint density at radius 3 is 2.62 bits per heavy atom. The van der Waals surface area contributed by atoms with Gasteiger partial charge in [-0.1, -0.05) is 30.3 Å². The van der Waals surface area contributed by atoms with Crippen molar-refractivity contribution < 1.29 is 13.2 Å². The fourth-order valence-corrected chi connectivity index (χ4v) is 6.19. The molecule has 134 valence electrons. The molecule has 6 nitrogen and oxygen atoms in total. The fraction of sp³-hybridized carbons (Fsp3) is 0.176. The highest BCUT2D eigenvalue weighted by molar-refractivity contribution is 7.91. The predicted molar refractivity (Wildman–Crippen MR) is 102 cm³/mol. The van der Waals surface area contributed by atoms with Crippen molar-refractivity contribution in [1.82, 2.24) is 9.29 Å². The molecule has 1 N–H and O–H groups in total. The summed E-state index contributed by atoms with van der Waals surface area (Å²) in [6, 6.07) is 10.1. The number of fused-ring (bicyclic) bond motifs is 1. The standard InChI is InChI=1S/C17H15N3O3S3/c21-16(19-17-18-7-9-25-17)14-10-12-4-1-2-5-13(12)11-20(14)26(22,23)15-6-3-8-24-15/h1-9,14H,10-11H2,(H,18,19,21). The number of rotatable bonds is 4. The summed E-state index contributed by atoms with van der Waals surface area (Å²) >= 11 is 2.45. The molecule has 1 amide bonds. The number of nitrogens with one attached hydrogen (secondary N) is 1. The van der Waals surface area contributed by atoms with Gasteiger partial charge in [-0.2, -0.15) is 4.31 Å². The zero-order valence-corrected chi connectivity index (χ0v) is 16.0. The molecule has 0 aliphatic carbocycles. The minimum atomic E-state index is -3.76. The Hall–Kier alpha value is -2.07. The van der Waals surface area contributed by atoms with E-state index in [1.807, 2.05) is 24.3 Å². The molecule has 0 spiro atoms. The van der Waals surface area contributed by atoms with Crippen LogP contribution in [0.3, 0.4) is 0 Å². The number of carbonyl (C=O) groups is 1. The highest BCUT2D eigenvalue weighted by Gasteiger charge is 2.40. The number of thiazole rings is 1. The van der Waals surface area contributed by atoms with Gasteiger partial charge in [-0.3, -0.25) is 4.79 Å². The van der Waals surface area contributed by atoms with Crippen LogP contribution < -0.4 is 5.32 Å². The molecule has 4 rings (SSSR count). The molecule has 1 unspecified atom stereocenters. The summed E-state index contributed by atoms with van der Waals surface area (Å²) in [4.78, 5) is 16.9. The van der Waals surface area contributed by atoms with Crippen molar-refractivity contribution in [3.8, 4) is 0 Å². The Bertz CT molecular complexity index is 1010. The maximum absolute atomic E-state index is 13.1. The summed E-state index contributed by atoms with van der Waals surface area (Å²) in [7, 11) is -3.76. The lowest BCUT2D eigenvalue weighted by Crippen LogP contribution is -2.50. The van der Waals surface area contributed by atoms with Crippen LogP contribution in [0.15, 0.2) is 57.6 Å². The molecular weight excluding hydrogens is 390 g/mol. The smallest absolute Gasteiger partial charge is 0.253 e. The van der Waals surface area contributed by atoms with Crippen LogP contribution in [0.5, 0.6) is 0 Å². The summed E-state index contributed by atoms with van der Waals surface area (Å²) in [5, 5.41) is 6.67. The van der Waals surface area contributed by atoms with E-state index in [4.69, 9.17) is 0 Å². The molecule has 1 aliphatic heterocycles. The van der Waals surface area contributed by atoms with Gasteiger partial charge < -0.3 is 5.32 Å². The van der Waals surface area contributed by atoms with E-state index in [1.54, 1.807) is 29.1 Å². The van der Waals surface area contributed by atoms with Crippen molar-refractivity contribution in [2.45, 2.75) is 23.2 Å². The second-order valence-electron chi connectivity index (χ2n) is 5.80. The Morgan fingerprint density at radius 1 is 1.12 bits per heavy atom. The van der Waals surface area contributed by atoms with Crippen LogP contribution in [0.1, 0.15) is 11.1 Å². The number of benzene rings is 1. The summed E-state index contributed by atoms with van der Waals surface area (Å²) in [6.07, 6.45) is 1.93. The molecule has 9 heteroatoms. The number of anilines is 1. The van der Waals surface area contributed by atoms with Gasteiger partial charge in [0, 0.05) is 18.1 Å². The number of hydrogen-bond acceptors (Lipinski definition) is 6. The van der Waals surface area contributed by atoms with Crippen molar-refractivity contribution in [1.29, 1.82) is 0 Å². The van der Waals surface area contributed by atoms with E-state index >= 15 is 0 Å². The van der Waals surface area contributed by atoms with Crippen LogP contribution >= 0.6 is 22.7 Å². The number of amides is 1. The Kier molecular flexibility index (Phi) is 4.62. The summed E-state index contributed by atoms with van der Waals surface area (Å²) in [5.74, 6) is -0.366. The molecule has 0 radical (unpaired) electrons. The molecule has 2 aromatic heterocycles. The zero-order valence-electron chi connectivity index (χ0n) is 13.5. The number of carbonyl (C=O) groups excluding carboxylic acids is 1. The van der Waals surface area contributed by atoms with E-state index < -0.39 is 16.1 Å². The zero-order chi connectivity index (χ0) is 18.1. The monoisotopic (exact) mass is 405 g/mol. The first-order valence-electron chi connectivity index (χ1n) is 7.88. The Balaban J connectivity index is 1.72. The highest BCUT2D eigenvalue weighted by atomic mass is 32.2. The van der Waals surface area contributed by atoms with Crippen molar-refractivity contribution in [2.24, 2.45) is 0 Å². The van der Waals surface area contributed by atoms with Crippen molar-refractivity contribution in [3.05, 3.63) is 64.5 Å². The average Bonchev–Trinajstić information content (AvgIpc) is 3.34. The van der Waals surface area contributed by atoms with Crippen molar-refractivity contribution in [3.63, 3.8) is 0 Å². The van der Waals surface area contributed by atoms with Crippen LogP contribution in [0.25, 0.3) is 0 Å². The molecular formula is C17H15N3O3S3. The summed E-state index contributed by atoms with van der Waals surface area (Å²) in [5.41, 5.74) is 1.91. The van der Waals surface area contributed by atoms with Crippen molar-refractivity contribution >= 4 is 43.7 Å². The highest BCUT2D eigenvalue weighted by Crippen LogP contribution is 2.31. The first kappa shape index (κ1) is 17.3. The maximum Gasteiger partial charge on any atom is 0.253 e. The third kappa shape index (κ3) is 3.18. The quantitative estimate of drug-likeness (QED) is 0.724. The minimum Gasteiger partial charge on any atom is -0.301 e. The molecule has 1 aliphatic rings. The first-order chi connectivity index (χ1) is 12.6. The van der Waals surface area contributed by atoms with E-state index in [-0.39, 0.29) is 16.7 Å². The van der Waals surface area contributed by atoms with Crippen LogP contribution in [-0.2, 0) is 27.8 Å². The molecule has 1 aromatic carbocycles. The van der Waals surface area contributed by atoms with E-state index in [2.05, 4.69) is 10.3 Å². The SMILES string of the molecule is O=C(Nc1nccs1)C1Cc2ccccc2CN1S(=O)(=O)c1cccs1. The van der Waals surface area contributed by atoms with Crippen LogP contribution in [0, 0.1) is 0 Å². The van der Waals surface area contributed by atoms with Gasteiger partial charge in [-0.25, -0.2) is 13.4 Å². The lowest BCUT2D eigenvalue weighted by atomic mass is 9.95. The number of sulfonamides is 1. The van der Waals surface area contributed by atoms with Crippen LogP contribution in [0.4, 0.5) is 5.13 Å².